The second-order valence-corrected chi connectivity index (χ2v) is 6.24. The molecule has 0 aliphatic carbocycles. The van der Waals surface area contributed by atoms with Crippen LogP contribution in [-0.2, 0) is 19.1 Å². The van der Waals surface area contributed by atoms with Crippen molar-refractivity contribution in [1.29, 1.82) is 0 Å². The summed E-state index contributed by atoms with van der Waals surface area (Å²) >= 11 is 1.92. The lowest BCUT2D eigenvalue weighted by molar-refractivity contribution is -0.110. The van der Waals surface area contributed by atoms with Crippen LogP contribution in [0.15, 0.2) is 0 Å². The number of hydrogen-bond donors (Lipinski definition) is 0. The molecule has 22 heavy (non-hydrogen) atoms. The first-order chi connectivity index (χ1) is 10.3. The van der Waals surface area contributed by atoms with E-state index in [1.165, 1.54) is 37.9 Å². The summed E-state index contributed by atoms with van der Waals surface area (Å²) < 4.78 is 9.26. The molecule has 0 radical (unpaired) electrons. The Labute approximate surface area is 137 Å². The van der Waals surface area contributed by atoms with Gasteiger partial charge in [-0.2, -0.15) is 0 Å². The monoisotopic (exact) mass is 352 g/mol. The SMILES string of the molecule is COC(=O)N(CCN(CSC(C)=O)C(=O)OC)CSC(C)=O. The van der Waals surface area contributed by atoms with Gasteiger partial charge in [0, 0.05) is 26.9 Å². The second-order valence-electron chi connectivity index (χ2n) is 4.00. The van der Waals surface area contributed by atoms with Crippen LogP contribution in [-0.4, -0.2) is 71.3 Å². The van der Waals surface area contributed by atoms with Gasteiger partial charge in [-0.3, -0.25) is 19.4 Å². The zero-order valence-electron chi connectivity index (χ0n) is 13.0. The van der Waals surface area contributed by atoms with E-state index >= 15 is 0 Å². The summed E-state index contributed by atoms with van der Waals surface area (Å²) in [5.74, 6) is 0.244. The molecule has 0 saturated heterocycles. The molecule has 126 valence electrons. The van der Waals surface area contributed by atoms with Gasteiger partial charge in [0.15, 0.2) is 10.2 Å². The summed E-state index contributed by atoms with van der Waals surface area (Å²) in [5.41, 5.74) is 0. The van der Waals surface area contributed by atoms with Gasteiger partial charge < -0.3 is 9.47 Å². The molecule has 0 fully saturated rings. The zero-order valence-corrected chi connectivity index (χ0v) is 14.6. The average Bonchev–Trinajstić information content (AvgIpc) is 2.47. The molecule has 0 aromatic heterocycles. The number of carbonyl (C=O) groups is 4. The highest BCUT2D eigenvalue weighted by Gasteiger charge is 2.20. The van der Waals surface area contributed by atoms with Gasteiger partial charge in [-0.1, -0.05) is 23.5 Å². The van der Waals surface area contributed by atoms with Crippen molar-refractivity contribution >= 4 is 45.9 Å². The van der Waals surface area contributed by atoms with Crippen molar-refractivity contribution in [1.82, 2.24) is 9.80 Å². The molecule has 10 heteroatoms. The summed E-state index contributed by atoms with van der Waals surface area (Å²) in [4.78, 5) is 47.8. The highest BCUT2D eigenvalue weighted by Crippen LogP contribution is 2.10. The molecule has 0 spiro atoms. The minimum atomic E-state index is -0.599. The number of ether oxygens (including phenoxy) is 2. The third-order valence-corrected chi connectivity index (χ3v) is 4.05. The highest BCUT2D eigenvalue weighted by atomic mass is 32.2. The molecule has 0 bridgehead atoms. The Bertz CT molecular complexity index is 380. The lowest BCUT2D eigenvalue weighted by Crippen LogP contribution is -2.41. The summed E-state index contributed by atoms with van der Waals surface area (Å²) in [6.07, 6.45) is -1.20. The van der Waals surface area contributed by atoms with Gasteiger partial charge in [0.05, 0.1) is 26.0 Å². The molecule has 0 aromatic carbocycles. The molecule has 0 unspecified atom stereocenters. The van der Waals surface area contributed by atoms with E-state index in [9.17, 15) is 19.2 Å². The van der Waals surface area contributed by atoms with Crippen molar-refractivity contribution < 1.29 is 28.7 Å². The highest BCUT2D eigenvalue weighted by molar-refractivity contribution is 8.13. The number of thioether (sulfide) groups is 2. The quantitative estimate of drug-likeness (QED) is 0.638. The Balaban J connectivity index is 4.64. The Morgan fingerprint density at radius 2 is 1.09 bits per heavy atom. The van der Waals surface area contributed by atoms with E-state index in [0.29, 0.717) is 0 Å². The number of rotatable bonds is 7. The Morgan fingerprint density at radius 1 is 0.773 bits per heavy atom. The van der Waals surface area contributed by atoms with E-state index in [-0.39, 0.29) is 35.1 Å². The van der Waals surface area contributed by atoms with Gasteiger partial charge in [0.1, 0.15) is 0 Å². The van der Waals surface area contributed by atoms with Gasteiger partial charge >= 0.3 is 12.2 Å². The molecule has 2 amide bonds. The second kappa shape index (κ2) is 11.2. The normalized spacial score (nSPS) is 9.82. The molecule has 0 aromatic rings. The summed E-state index contributed by atoms with van der Waals surface area (Å²) in [6.45, 7) is 3.09. The standard InChI is InChI=1S/C12H20N2O6S2/c1-9(15)21-7-13(11(17)19-3)5-6-14(12(18)20-4)8-22-10(2)16/h5-8H2,1-4H3. The van der Waals surface area contributed by atoms with Crippen LogP contribution >= 0.6 is 23.5 Å². The fraction of sp³-hybridized carbons (Fsp3) is 0.667. The predicted octanol–water partition coefficient (Wildman–Crippen LogP) is 1.60. The van der Waals surface area contributed by atoms with Gasteiger partial charge in [0.25, 0.3) is 0 Å². The fourth-order valence-electron chi connectivity index (χ4n) is 1.25. The van der Waals surface area contributed by atoms with E-state index in [0.717, 1.165) is 23.5 Å². The largest absolute Gasteiger partial charge is 0.453 e. The van der Waals surface area contributed by atoms with Gasteiger partial charge in [-0.15, -0.1) is 0 Å². The first-order valence-corrected chi connectivity index (χ1v) is 8.21. The zero-order chi connectivity index (χ0) is 17.1. The van der Waals surface area contributed by atoms with Gasteiger partial charge in [-0.05, 0) is 0 Å². The molecule has 0 heterocycles. The number of nitrogens with zero attached hydrogens (tertiary/aromatic N) is 2. The molecule has 8 nitrogen and oxygen atoms in total. The first kappa shape index (κ1) is 20.6. The summed E-state index contributed by atoms with van der Waals surface area (Å²) in [7, 11) is 2.47. The maximum absolute atomic E-state index is 11.6. The van der Waals surface area contributed by atoms with E-state index in [4.69, 9.17) is 0 Å². The van der Waals surface area contributed by atoms with Gasteiger partial charge in [-0.25, -0.2) is 9.59 Å². The number of carbonyl (C=O) groups excluding carboxylic acids is 4. The van der Waals surface area contributed by atoms with Crippen LogP contribution in [0, 0.1) is 0 Å². The average molecular weight is 352 g/mol. The third-order valence-electron chi connectivity index (χ3n) is 2.35. The van der Waals surface area contributed by atoms with E-state index in [1.54, 1.807) is 0 Å². The van der Waals surface area contributed by atoms with Crippen molar-refractivity contribution in [2.24, 2.45) is 0 Å². The van der Waals surface area contributed by atoms with Crippen LogP contribution in [0.2, 0.25) is 0 Å². The van der Waals surface area contributed by atoms with Crippen LogP contribution in [0.4, 0.5) is 9.59 Å². The number of amides is 2. The molecule has 0 saturated carbocycles. The molecule has 0 N–H and O–H groups in total. The van der Waals surface area contributed by atoms with Crippen LogP contribution in [0.3, 0.4) is 0 Å². The maximum Gasteiger partial charge on any atom is 0.410 e. The maximum atomic E-state index is 11.6. The Kier molecular flexibility index (Phi) is 10.5. The van der Waals surface area contributed by atoms with Crippen LogP contribution in [0.25, 0.3) is 0 Å². The Hall–Kier alpha value is -1.42. The smallest absolute Gasteiger partial charge is 0.410 e. The fourth-order valence-corrected chi connectivity index (χ4v) is 2.40. The van der Waals surface area contributed by atoms with E-state index < -0.39 is 12.2 Å². The van der Waals surface area contributed by atoms with Crippen molar-refractivity contribution in [2.45, 2.75) is 13.8 Å². The Morgan fingerprint density at radius 3 is 1.32 bits per heavy atom. The molecule has 0 atom stereocenters. The van der Waals surface area contributed by atoms with Crippen molar-refractivity contribution in [2.75, 3.05) is 39.1 Å². The summed E-state index contributed by atoms with van der Waals surface area (Å²) in [5, 5.41) is -0.267. The molecule has 0 rings (SSSR count). The first-order valence-electron chi connectivity index (χ1n) is 6.24. The van der Waals surface area contributed by atoms with Crippen LogP contribution < -0.4 is 0 Å². The molecular weight excluding hydrogens is 332 g/mol. The van der Waals surface area contributed by atoms with Crippen molar-refractivity contribution in [3.63, 3.8) is 0 Å². The lowest BCUT2D eigenvalue weighted by Gasteiger charge is -2.25. The topological polar surface area (TPSA) is 93.2 Å². The van der Waals surface area contributed by atoms with E-state index in [1.807, 2.05) is 0 Å². The summed E-state index contributed by atoms with van der Waals surface area (Å²) in [6, 6.07) is 0. The van der Waals surface area contributed by atoms with Crippen LogP contribution in [0.5, 0.6) is 0 Å². The lowest BCUT2D eigenvalue weighted by atomic mass is 10.5. The minimum Gasteiger partial charge on any atom is -0.453 e. The van der Waals surface area contributed by atoms with E-state index in [2.05, 4.69) is 9.47 Å². The molecular formula is C12H20N2O6S2. The number of hydrogen-bond acceptors (Lipinski definition) is 8. The molecule has 0 aliphatic heterocycles. The molecule has 0 aliphatic rings. The number of methoxy groups -OCH3 is 2. The third kappa shape index (κ3) is 8.78. The van der Waals surface area contributed by atoms with Crippen molar-refractivity contribution in [3.05, 3.63) is 0 Å². The van der Waals surface area contributed by atoms with Crippen LogP contribution in [0.1, 0.15) is 13.8 Å². The van der Waals surface area contributed by atoms with Crippen molar-refractivity contribution in [3.8, 4) is 0 Å². The minimum absolute atomic E-state index is 0.122. The predicted molar refractivity (Wildman–Crippen MR) is 84.5 cm³/mol. The van der Waals surface area contributed by atoms with Gasteiger partial charge in [0.2, 0.25) is 0 Å².